The smallest absolute Gasteiger partial charge is 0.462 e. The average molecular weight is 1380 g/mol. The van der Waals surface area contributed by atoms with Crippen LogP contribution in [0.5, 0.6) is 0 Å². The number of carbonyl (C=O) groups is 4. The van der Waals surface area contributed by atoms with Crippen molar-refractivity contribution in [3.63, 3.8) is 0 Å². The predicted octanol–water partition coefficient (Wildman–Crippen LogP) is 22.2. The summed E-state index contributed by atoms with van der Waals surface area (Å²) in [7, 11) is -9.90. The van der Waals surface area contributed by atoms with Gasteiger partial charge in [-0.05, 0) is 25.7 Å². The van der Waals surface area contributed by atoms with Crippen LogP contribution in [0.4, 0.5) is 0 Å². The molecule has 5 atom stereocenters. The maximum absolute atomic E-state index is 13.1. The van der Waals surface area contributed by atoms with Crippen LogP contribution < -0.4 is 0 Å². The lowest BCUT2D eigenvalue weighted by molar-refractivity contribution is -0.161. The van der Waals surface area contributed by atoms with Crippen LogP contribution in [0.25, 0.3) is 0 Å². The summed E-state index contributed by atoms with van der Waals surface area (Å²) in [5, 5.41) is 10.6. The lowest BCUT2D eigenvalue weighted by atomic mass is 10.0. The molecule has 0 aliphatic heterocycles. The number of ether oxygens (including phenoxy) is 4. The van der Waals surface area contributed by atoms with Crippen molar-refractivity contribution in [3.8, 4) is 0 Å². The zero-order chi connectivity index (χ0) is 69.0. The molecular weight excluding hydrogens is 1230 g/mol. The molecule has 0 spiro atoms. The number of aliphatic hydroxyl groups excluding tert-OH is 1. The maximum atomic E-state index is 13.1. The molecule has 19 heteroatoms. The Balaban J connectivity index is 5.21. The Kier molecular flexibility index (Phi) is 68.1. The third-order valence-corrected chi connectivity index (χ3v) is 19.5. The molecule has 0 aromatic heterocycles. The molecule has 0 saturated heterocycles. The van der Waals surface area contributed by atoms with Gasteiger partial charge >= 0.3 is 39.5 Å². The molecule has 0 aromatic rings. The lowest BCUT2D eigenvalue weighted by Crippen LogP contribution is -2.30. The molecule has 0 aliphatic rings. The molecule has 0 aliphatic carbocycles. The van der Waals surface area contributed by atoms with Gasteiger partial charge in [0.05, 0.1) is 26.4 Å². The van der Waals surface area contributed by atoms with E-state index in [9.17, 15) is 43.2 Å². The minimum absolute atomic E-state index is 0.108. The van der Waals surface area contributed by atoms with Crippen molar-refractivity contribution in [2.75, 3.05) is 39.6 Å². The lowest BCUT2D eigenvalue weighted by Gasteiger charge is -2.21. The van der Waals surface area contributed by atoms with Crippen molar-refractivity contribution >= 4 is 39.5 Å². The third kappa shape index (κ3) is 68.6. The van der Waals surface area contributed by atoms with Crippen LogP contribution in [0.1, 0.15) is 400 Å². The second-order valence-corrected chi connectivity index (χ2v) is 29.9. The zero-order valence-electron chi connectivity index (χ0n) is 60.9. The summed E-state index contributed by atoms with van der Waals surface area (Å²) in [5.74, 6) is -2.11. The molecule has 0 heterocycles. The van der Waals surface area contributed by atoms with Gasteiger partial charge in [0.25, 0.3) is 0 Å². The fourth-order valence-corrected chi connectivity index (χ4v) is 13.2. The first-order valence-corrected chi connectivity index (χ1v) is 42.3. The first-order chi connectivity index (χ1) is 45.7. The van der Waals surface area contributed by atoms with Gasteiger partial charge in [-0.25, -0.2) is 9.13 Å². The van der Waals surface area contributed by atoms with Crippen molar-refractivity contribution in [3.05, 3.63) is 0 Å². The van der Waals surface area contributed by atoms with E-state index >= 15 is 0 Å². The number of hydrogen-bond donors (Lipinski definition) is 3. The van der Waals surface area contributed by atoms with Crippen molar-refractivity contribution in [1.29, 1.82) is 0 Å². The molecule has 0 radical (unpaired) electrons. The maximum Gasteiger partial charge on any atom is 0.472 e. The quantitative estimate of drug-likeness (QED) is 0.0222. The molecule has 0 saturated carbocycles. The Morgan fingerprint density at radius 3 is 0.628 bits per heavy atom. The molecule has 0 bridgehead atoms. The van der Waals surface area contributed by atoms with Crippen molar-refractivity contribution in [2.24, 2.45) is 0 Å². The Bertz CT molecular complexity index is 1790. The minimum Gasteiger partial charge on any atom is -0.462 e. The summed E-state index contributed by atoms with van der Waals surface area (Å²) in [6, 6.07) is 0. The van der Waals surface area contributed by atoms with E-state index in [-0.39, 0.29) is 25.7 Å². The largest absolute Gasteiger partial charge is 0.472 e. The topological polar surface area (TPSA) is 237 Å². The average Bonchev–Trinajstić information content (AvgIpc) is 1.43. The number of rotatable bonds is 76. The molecule has 0 amide bonds. The standard InChI is InChI=1S/C75H146O17P2/c1-5-9-13-17-21-25-29-32-33-34-35-36-37-38-42-46-50-54-58-62-75(80)92-71(66-86-73(78)60-56-52-48-44-40-30-26-22-18-14-10-6-2)68-90-94(83,84)88-64-69(76)63-87-93(81,82)89-67-70(65-85-72(77)59-55-51-47-43-39-28-24-20-16-12-8-4)91-74(79)61-57-53-49-45-41-31-27-23-19-15-11-7-3/h69-71,76H,5-68H2,1-4H3,(H,81,82)(H,83,84)/t69-,70+,71+/m0/s1. The highest BCUT2D eigenvalue weighted by Crippen LogP contribution is 2.45. The second kappa shape index (κ2) is 69.5. The molecule has 558 valence electrons. The summed E-state index contributed by atoms with van der Waals surface area (Å²) in [6.45, 7) is 4.98. The number of aliphatic hydroxyl groups is 1. The Hall–Kier alpha value is -1.94. The first-order valence-electron chi connectivity index (χ1n) is 39.3. The molecular formula is C75H146O17P2. The van der Waals surface area contributed by atoms with Crippen molar-refractivity contribution in [2.45, 2.75) is 418 Å². The SMILES string of the molecule is CCCCCCCCCCCCCCCCCCCCCC(=O)O[C@H](COC(=O)CCCCCCCCCCCCCC)COP(=O)(O)OC[C@@H](O)COP(=O)(O)OC[C@@H](COC(=O)CCCCCCCCCCCCC)OC(=O)CCCCCCCCCCCCCC. The fourth-order valence-electron chi connectivity index (χ4n) is 11.6. The highest BCUT2D eigenvalue weighted by molar-refractivity contribution is 7.47. The van der Waals surface area contributed by atoms with Gasteiger partial charge in [-0.3, -0.25) is 37.3 Å². The van der Waals surface area contributed by atoms with E-state index in [1.807, 2.05) is 0 Å². The zero-order valence-corrected chi connectivity index (χ0v) is 62.7. The van der Waals surface area contributed by atoms with E-state index < -0.39 is 97.5 Å². The summed E-state index contributed by atoms with van der Waals surface area (Å²) in [6.07, 6.45) is 59.5. The van der Waals surface area contributed by atoms with Gasteiger partial charge in [0.1, 0.15) is 19.3 Å². The minimum atomic E-state index is -4.95. The van der Waals surface area contributed by atoms with Crippen LogP contribution in [0.3, 0.4) is 0 Å². The number of phosphoric ester groups is 2. The summed E-state index contributed by atoms with van der Waals surface area (Å²) < 4.78 is 68.5. The van der Waals surface area contributed by atoms with Gasteiger partial charge in [0.15, 0.2) is 12.2 Å². The molecule has 94 heavy (non-hydrogen) atoms. The highest BCUT2D eigenvalue weighted by atomic mass is 31.2. The van der Waals surface area contributed by atoms with E-state index in [4.69, 9.17) is 37.0 Å². The van der Waals surface area contributed by atoms with E-state index in [0.29, 0.717) is 25.7 Å². The van der Waals surface area contributed by atoms with Gasteiger partial charge in [0.2, 0.25) is 0 Å². The molecule has 0 fully saturated rings. The van der Waals surface area contributed by atoms with E-state index in [0.717, 1.165) is 89.9 Å². The number of carbonyl (C=O) groups excluding carboxylic acids is 4. The van der Waals surface area contributed by atoms with Crippen LogP contribution in [-0.2, 0) is 65.4 Å². The van der Waals surface area contributed by atoms with Gasteiger partial charge in [0, 0.05) is 25.7 Å². The van der Waals surface area contributed by atoms with Crippen molar-refractivity contribution < 1.29 is 80.2 Å². The molecule has 0 aromatic carbocycles. The van der Waals surface area contributed by atoms with E-state index in [2.05, 4.69) is 27.7 Å². The van der Waals surface area contributed by atoms with Crippen LogP contribution in [0.2, 0.25) is 0 Å². The van der Waals surface area contributed by atoms with E-state index in [1.165, 1.54) is 231 Å². The van der Waals surface area contributed by atoms with Gasteiger partial charge < -0.3 is 33.8 Å². The number of esters is 4. The van der Waals surface area contributed by atoms with Crippen molar-refractivity contribution in [1.82, 2.24) is 0 Å². The molecule has 17 nitrogen and oxygen atoms in total. The Morgan fingerprint density at radius 1 is 0.255 bits per heavy atom. The number of phosphoric acid groups is 2. The first kappa shape index (κ1) is 92.1. The monoisotopic (exact) mass is 1380 g/mol. The summed E-state index contributed by atoms with van der Waals surface area (Å²) >= 11 is 0. The van der Waals surface area contributed by atoms with Gasteiger partial charge in [-0.2, -0.15) is 0 Å². The van der Waals surface area contributed by atoms with Crippen LogP contribution in [0.15, 0.2) is 0 Å². The molecule has 2 unspecified atom stereocenters. The third-order valence-electron chi connectivity index (χ3n) is 17.6. The second-order valence-electron chi connectivity index (χ2n) is 27.0. The predicted molar refractivity (Wildman–Crippen MR) is 382 cm³/mol. The van der Waals surface area contributed by atoms with Crippen LogP contribution >= 0.6 is 15.6 Å². The van der Waals surface area contributed by atoms with Gasteiger partial charge in [-0.1, -0.05) is 349 Å². The van der Waals surface area contributed by atoms with E-state index in [1.54, 1.807) is 0 Å². The molecule has 0 rings (SSSR count). The highest BCUT2D eigenvalue weighted by Gasteiger charge is 2.30. The van der Waals surface area contributed by atoms with Crippen LogP contribution in [-0.4, -0.2) is 96.7 Å². The Morgan fingerprint density at radius 2 is 0.426 bits per heavy atom. The van der Waals surface area contributed by atoms with Crippen LogP contribution in [0, 0.1) is 0 Å². The number of hydrogen-bond acceptors (Lipinski definition) is 15. The number of unbranched alkanes of at least 4 members (excludes halogenated alkanes) is 50. The fraction of sp³-hybridized carbons (Fsp3) is 0.947. The normalized spacial score (nSPS) is 13.9. The molecule has 3 N–H and O–H groups in total. The Labute approximate surface area is 575 Å². The summed E-state index contributed by atoms with van der Waals surface area (Å²) in [5.41, 5.74) is 0. The summed E-state index contributed by atoms with van der Waals surface area (Å²) in [4.78, 5) is 72.7. The van der Waals surface area contributed by atoms with Gasteiger partial charge in [-0.15, -0.1) is 0 Å².